The second kappa shape index (κ2) is 14.0. The standard InChI is InChI=1S/C21H26FN7O13P2.Na/c22-12-14(30)10(40-20(12)28-3-1-2-9(4-28)18(24)33)5-38-43(34,35)42-44(36,37)39-6-11-15(31)16(32)21(41-11)29-8-27-13-17(23)25-7-26-19(13)29;/h1-4,7-8,10-12,14-16,20-21,30-32H,5-6H2,(H5-,23,24,25,26,33,34,35,36,37);/q;+1/p-1. The Bertz CT molecular complexity index is 1640. The number of hydrogen-bond acceptors (Lipinski definition) is 17. The van der Waals surface area contributed by atoms with Crippen molar-refractivity contribution in [3.8, 4) is 0 Å². The van der Waals surface area contributed by atoms with E-state index in [1.165, 1.54) is 29.2 Å². The summed E-state index contributed by atoms with van der Waals surface area (Å²) in [5.74, 6) is -0.790. The Morgan fingerprint density at radius 3 is 2.36 bits per heavy atom. The van der Waals surface area contributed by atoms with Crippen molar-refractivity contribution in [3.63, 3.8) is 0 Å². The number of phosphoric acid groups is 2. The van der Waals surface area contributed by atoms with Crippen LogP contribution in [0.1, 0.15) is 22.8 Å². The number of amides is 1. The van der Waals surface area contributed by atoms with Gasteiger partial charge in [0.25, 0.3) is 27.8 Å². The molecule has 0 bridgehead atoms. The van der Waals surface area contributed by atoms with Gasteiger partial charge in [-0.3, -0.25) is 18.5 Å². The van der Waals surface area contributed by atoms with Crippen LogP contribution in [0.5, 0.6) is 0 Å². The summed E-state index contributed by atoms with van der Waals surface area (Å²) in [6.45, 7) is -2.07. The second-order valence-electron chi connectivity index (χ2n) is 9.60. The van der Waals surface area contributed by atoms with Gasteiger partial charge in [-0.25, -0.2) is 23.7 Å². The summed E-state index contributed by atoms with van der Waals surface area (Å²) in [6.07, 6.45) is -8.55. The van der Waals surface area contributed by atoms with Gasteiger partial charge in [-0.2, -0.15) is 4.57 Å². The molecule has 7 N–H and O–H groups in total. The van der Waals surface area contributed by atoms with Crippen LogP contribution in [-0.2, 0) is 32.0 Å². The van der Waals surface area contributed by atoms with E-state index in [2.05, 4.69) is 28.3 Å². The number of imidazole rings is 1. The number of fused-ring (bicyclic) bond motifs is 1. The molecule has 45 heavy (non-hydrogen) atoms. The number of aliphatic hydroxyl groups is 3. The Hall–Kier alpha value is -2.04. The number of ether oxygens (including phenoxy) is 2. The summed E-state index contributed by atoms with van der Waals surface area (Å²) in [4.78, 5) is 47.7. The van der Waals surface area contributed by atoms with Gasteiger partial charge in [-0.1, -0.05) is 0 Å². The molecule has 5 heterocycles. The Kier molecular flexibility index (Phi) is 11.1. The van der Waals surface area contributed by atoms with Gasteiger partial charge in [-0.15, -0.1) is 0 Å². The number of rotatable bonds is 11. The zero-order valence-corrected chi connectivity index (χ0v) is 26.9. The van der Waals surface area contributed by atoms with E-state index in [0.29, 0.717) is 0 Å². The topological polar surface area (TPSA) is 304 Å². The van der Waals surface area contributed by atoms with Crippen LogP contribution < -0.4 is 55.4 Å². The number of halogens is 1. The average molecular weight is 687 g/mol. The predicted molar refractivity (Wildman–Crippen MR) is 134 cm³/mol. The van der Waals surface area contributed by atoms with Crippen molar-refractivity contribution in [1.82, 2.24) is 19.5 Å². The molecule has 24 heteroatoms. The molecule has 0 spiro atoms. The normalized spacial score (nSPS) is 30.9. The van der Waals surface area contributed by atoms with Crippen LogP contribution in [0, 0.1) is 0 Å². The van der Waals surface area contributed by atoms with E-state index in [1.807, 2.05) is 0 Å². The molecule has 5 rings (SSSR count). The molecule has 10 atom stereocenters. The van der Waals surface area contributed by atoms with Gasteiger partial charge in [0.15, 0.2) is 30.1 Å². The summed E-state index contributed by atoms with van der Waals surface area (Å²) in [7, 11) is -11.4. The minimum atomic E-state index is -5.72. The third-order valence-corrected chi connectivity index (χ3v) is 9.22. The molecule has 2 saturated heterocycles. The summed E-state index contributed by atoms with van der Waals surface area (Å²) in [6, 6.07) is 2.71. The number of carbonyl (C=O) groups excluding carboxylic acids is 1. The van der Waals surface area contributed by atoms with Crippen molar-refractivity contribution in [2.75, 3.05) is 18.9 Å². The number of hydrogen-bond donors (Lipinski definition) is 5. The van der Waals surface area contributed by atoms with E-state index in [1.54, 1.807) is 0 Å². The fourth-order valence-electron chi connectivity index (χ4n) is 4.53. The van der Waals surface area contributed by atoms with Gasteiger partial charge >= 0.3 is 29.6 Å². The number of carbonyl (C=O) groups is 1. The number of alkyl halides is 1. The first-order valence-corrected chi connectivity index (χ1v) is 15.4. The van der Waals surface area contributed by atoms with E-state index in [-0.39, 0.29) is 52.1 Å². The van der Waals surface area contributed by atoms with Crippen LogP contribution >= 0.6 is 15.6 Å². The largest absolute Gasteiger partial charge is 1.00 e. The average Bonchev–Trinajstić information content (AvgIpc) is 3.61. The number of aliphatic hydroxyl groups excluding tert-OH is 3. The zero-order valence-electron chi connectivity index (χ0n) is 23.1. The van der Waals surface area contributed by atoms with Crippen molar-refractivity contribution in [1.29, 1.82) is 0 Å². The van der Waals surface area contributed by atoms with Gasteiger partial charge in [0, 0.05) is 6.07 Å². The molecule has 20 nitrogen and oxygen atoms in total. The van der Waals surface area contributed by atoms with Crippen molar-refractivity contribution < 1.29 is 100 Å². The number of anilines is 1. The Balaban J connectivity index is 0.00000461. The molecule has 2 aliphatic rings. The monoisotopic (exact) mass is 687 g/mol. The third-order valence-electron chi connectivity index (χ3n) is 6.69. The van der Waals surface area contributed by atoms with E-state index in [4.69, 9.17) is 20.9 Å². The van der Waals surface area contributed by atoms with Gasteiger partial charge in [0.1, 0.15) is 47.9 Å². The van der Waals surface area contributed by atoms with Crippen LogP contribution in [-0.4, -0.2) is 90.7 Å². The quantitative estimate of drug-likeness (QED) is 0.0711. The minimum Gasteiger partial charge on any atom is -0.756 e. The molecular weight excluding hydrogens is 662 g/mol. The summed E-state index contributed by atoms with van der Waals surface area (Å²) in [5, 5.41) is 31.0. The molecule has 2 aliphatic heterocycles. The third kappa shape index (κ3) is 7.75. The second-order valence-corrected chi connectivity index (χ2v) is 12.6. The van der Waals surface area contributed by atoms with E-state index >= 15 is 0 Å². The van der Waals surface area contributed by atoms with Crippen molar-refractivity contribution in [3.05, 3.63) is 42.7 Å². The van der Waals surface area contributed by atoms with E-state index in [0.717, 1.165) is 17.1 Å². The fraction of sp³-hybridized carbons (Fsp3) is 0.476. The molecule has 10 unspecified atom stereocenters. The maximum absolute atomic E-state index is 14.7. The molecule has 0 aromatic carbocycles. The Morgan fingerprint density at radius 1 is 1.07 bits per heavy atom. The Labute approximate surface area is 274 Å². The SMILES string of the molecule is NC(=O)c1ccc[n+](C2OC(COP(=O)([O-])OP(=O)([O-])OCC3OC(n4cnc5c(N)ncnc54)C(O)C3O)C(O)C2F)c1.[Na+]. The number of nitrogens with zero attached hydrogens (tertiary/aromatic N) is 5. The molecule has 0 radical (unpaired) electrons. The first kappa shape index (κ1) is 35.8. The maximum atomic E-state index is 14.7. The summed E-state index contributed by atoms with van der Waals surface area (Å²) in [5.41, 5.74) is 11.2. The zero-order chi connectivity index (χ0) is 32.0. The first-order valence-electron chi connectivity index (χ1n) is 12.5. The van der Waals surface area contributed by atoms with Crippen molar-refractivity contribution >= 4 is 38.5 Å². The van der Waals surface area contributed by atoms with Crippen LogP contribution in [0.25, 0.3) is 11.2 Å². The molecule has 240 valence electrons. The predicted octanol–water partition coefficient (Wildman–Crippen LogP) is -6.30. The maximum Gasteiger partial charge on any atom is 1.00 e. The molecule has 3 aromatic rings. The van der Waals surface area contributed by atoms with Crippen LogP contribution in [0.2, 0.25) is 0 Å². The van der Waals surface area contributed by atoms with Crippen LogP contribution in [0.4, 0.5) is 10.2 Å². The number of aromatic nitrogens is 5. The number of phosphoric ester groups is 2. The number of pyridine rings is 1. The number of primary amides is 1. The molecule has 0 saturated carbocycles. The van der Waals surface area contributed by atoms with Gasteiger partial charge in [0.05, 0.1) is 19.5 Å². The molecular formula is C21H25FN7NaO13P2. The summed E-state index contributed by atoms with van der Waals surface area (Å²) < 4.78 is 65.4. The van der Waals surface area contributed by atoms with Crippen LogP contribution in [0.15, 0.2) is 37.2 Å². The van der Waals surface area contributed by atoms with Gasteiger partial charge in [0.2, 0.25) is 6.17 Å². The first-order chi connectivity index (χ1) is 20.7. The smallest absolute Gasteiger partial charge is 0.756 e. The molecule has 0 aliphatic carbocycles. The molecule has 1 amide bonds. The van der Waals surface area contributed by atoms with Gasteiger partial charge < -0.3 is 55.1 Å². The molecule has 2 fully saturated rings. The van der Waals surface area contributed by atoms with Crippen molar-refractivity contribution in [2.24, 2.45) is 5.73 Å². The number of nitrogen functional groups attached to an aromatic ring is 1. The van der Waals surface area contributed by atoms with Crippen molar-refractivity contribution in [2.45, 2.75) is 49.1 Å². The van der Waals surface area contributed by atoms with E-state index < -0.39 is 83.9 Å². The minimum absolute atomic E-state index is 0. The Morgan fingerprint density at radius 2 is 1.71 bits per heavy atom. The molecule has 3 aromatic heterocycles. The number of nitrogens with two attached hydrogens (primary N) is 2. The van der Waals surface area contributed by atoms with Crippen LogP contribution in [0.3, 0.4) is 0 Å². The fourth-order valence-corrected chi connectivity index (χ4v) is 6.55. The van der Waals surface area contributed by atoms with E-state index in [9.17, 15) is 43.4 Å². The summed E-state index contributed by atoms with van der Waals surface area (Å²) >= 11 is 0. The van der Waals surface area contributed by atoms with Gasteiger partial charge in [-0.05, 0) is 6.07 Å².